The number of hydrogen-bond acceptors (Lipinski definition) is 3. The second-order valence-electron chi connectivity index (χ2n) is 4.71. The minimum Gasteiger partial charge on any atom is -0.481 e. The van der Waals surface area contributed by atoms with Crippen molar-refractivity contribution in [1.29, 1.82) is 0 Å². The predicted octanol–water partition coefficient (Wildman–Crippen LogP) is 2.06. The zero-order valence-corrected chi connectivity index (χ0v) is 11.1. The normalized spacial score (nSPS) is 19.2. The molecule has 0 spiro atoms. The standard InChI is InChI=1S/C13H15ClN2O3/c14-11-7-15-4-3-10(11)13(19)16-5-1-2-9(8-16)6-12(17)18/h3-4,7,9H,1-2,5-6,8H2,(H,17,18). The van der Waals surface area contributed by atoms with Gasteiger partial charge in [0, 0.05) is 31.9 Å². The maximum Gasteiger partial charge on any atom is 0.303 e. The number of aliphatic carboxylic acids is 1. The molecule has 1 aliphatic heterocycles. The number of hydrogen-bond donors (Lipinski definition) is 1. The van der Waals surface area contributed by atoms with Crippen molar-refractivity contribution in [3.63, 3.8) is 0 Å². The molecule has 0 saturated carbocycles. The lowest BCUT2D eigenvalue weighted by atomic mass is 9.94. The fourth-order valence-corrected chi connectivity index (χ4v) is 2.58. The van der Waals surface area contributed by atoms with Gasteiger partial charge in [0.25, 0.3) is 5.91 Å². The van der Waals surface area contributed by atoms with Crippen LogP contribution >= 0.6 is 11.6 Å². The van der Waals surface area contributed by atoms with Gasteiger partial charge in [0.1, 0.15) is 0 Å². The first-order valence-electron chi connectivity index (χ1n) is 6.18. The molecule has 1 aliphatic rings. The summed E-state index contributed by atoms with van der Waals surface area (Å²) in [5.74, 6) is -0.945. The number of carboxylic acid groups (broad SMARTS) is 1. The maximum absolute atomic E-state index is 12.3. The summed E-state index contributed by atoms with van der Waals surface area (Å²) in [5.41, 5.74) is 0.424. The number of aromatic nitrogens is 1. The minimum atomic E-state index is -0.818. The molecule has 1 saturated heterocycles. The molecule has 1 fully saturated rings. The van der Waals surface area contributed by atoms with Crippen LogP contribution in [-0.4, -0.2) is 40.0 Å². The van der Waals surface area contributed by atoms with Gasteiger partial charge in [0.05, 0.1) is 10.6 Å². The fourth-order valence-electron chi connectivity index (χ4n) is 2.38. The monoisotopic (exact) mass is 282 g/mol. The number of piperidine rings is 1. The summed E-state index contributed by atoms with van der Waals surface area (Å²) in [5, 5.41) is 9.15. The Morgan fingerprint density at radius 2 is 2.32 bits per heavy atom. The van der Waals surface area contributed by atoms with Gasteiger partial charge in [-0.2, -0.15) is 0 Å². The van der Waals surface area contributed by atoms with Crippen molar-refractivity contribution >= 4 is 23.5 Å². The Kier molecular flexibility index (Phi) is 4.37. The van der Waals surface area contributed by atoms with Gasteiger partial charge in [0.2, 0.25) is 0 Å². The summed E-state index contributed by atoms with van der Waals surface area (Å²) >= 11 is 5.95. The average molecular weight is 283 g/mol. The highest BCUT2D eigenvalue weighted by molar-refractivity contribution is 6.33. The molecule has 1 aromatic rings. The third-order valence-corrected chi connectivity index (χ3v) is 3.57. The third-order valence-electron chi connectivity index (χ3n) is 3.27. The first-order chi connectivity index (χ1) is 9.08. The summed E-state index contributed by atoms with van der Waals surface area (Å²) in [6.07, 6.45) is 4.74. The molecule has 0 bridgehead atoms. The van der Waals surface area contributed by atoms with Crippen LogP contribution in [0.2, 0.25) is 5.02 Å². The number of carbonyl (C=O) groups excluding carboxylic acids is 1. The second kappa shape index (κ2) is 6.02. The van der Waals surface area contributed by atoms with Crippen molar-refractivity contribution in [3.05, 3.63) is 29.0 Å². The number of rotatable bonds is 3. The molecular formula is C13H15ClN2O3. The summed E-state index contributed by atoms with van der Waals surface area (Å²) in [6, 6.07) is 1.59. The predicted molar refractivity (Wildman–Crippen MR) is 70.1 cm³/mol. The molecule has 0 radical (unpaired) electrons. The van der Waals surface area contributed by atoms with E-state index in [4.69, 9.17) is 16.7 Å². The molecule has 1 N–H and O–H groups in total. The van der Waals surface area contributed by atoms with Gasteiger partial charge in [0.15, 0.2) is 0 Å². The number of likely N-dealkylation sites (tertiary alicyclic amines) is 1. The van der Waals surface area contributed by atoms with Crippen molar-refractivity contribution in [2.24, 2.45) is 5.92 Å². The van der Waals surface area contributed by atoms with Crippen LogP contribution in [0.4, 0.5) is 0 Å². The van der Waals surface area contributed by atoms with Crippen LogP contribution in [0.15, 0.2) is 18.5 Å². The molecule has 102 valence electrons. The first-order valence-corrected chi connectivity index (χ1v) is 6.56. The van der Waals surface area contributed by atoms with E-state index < -0.39 is 5.97 Å². The van der Waals surface area contributed by atoms with Crippen LogP contribution in [0, 0.1) is 5.92 Å². The molecule has 1 amide bonds. The Morgan fingerprint density at radius 3 is 3.00 bits per heavy atom. The molecule has 0 aromatic carbocycles. The van der Waals surface area contributed by atoms with Crippen molar-refractivity contribution in [3.8, 4) is 0 Å². The summed E-state index contributed by atoms with van der Waals surface area (Å²) in [6.45, 7) is 1.12. The largest absolute Gasteiger partial charge is 0.481 e. The van der Waals surface area contributed by atoms with E-state index >= 15 is 0 Å². The molecule has 1 aromatic heterocycles. The van der Waals surface area contributed by atoms with Gasteiger partial charge >= 0.3 is 5.97 Å². The molecule has 6 heteroatoms. The molecule has 1 atom stereocenters. The van der Waals surface area contributed by atoms with Crippen molar-refractivity contribution < 1.29 is 14.7 Å². The smallest absolute Gasteiger partial charge is 0.303 e. The van der Waals surface area contributed by atoms with Gasteiger partial charge in [-0.15, -0.1) is 0 Å². The lowest BCUT2D eigenvalue weighted by Gasteiger charge is -2.32. The second-order valence-corrected chi connectivity index (χ2v) is 5.12. The quantitative estimate of drug-likeness (QED) is 0.921. The average Bonchev–Trinajstić information content (AvgIpc) is 2.38. The van der Waals surface area contributed by atoms with E-state index in [0.29, 0.717) is 23.7 Å². The van der Waals surface area contributed by atoms with Gasteiger partial charge in [-0.3, -0.25) is 14.6 Å². The zero-order chi connectivity index (χ0) is 13.8. The van der Waals surface area contributed by atoms with Crippen LogP contribution in [0.25, 0.3) is 0 Å². The first kappa shape index (κ1) is 13.8. The van der Waals surface area contributed by atoms with Crippen LogP contribution in [0.5, 0.6) is 0 Å². The molecule has 19 heavy (non-hydrogen) atoms. The number of carboxylic acids is 1. The summed E-state index contributed by atoms with van der Waals surface area (Å²) in [4.78, 5) is 28.6. The van der Waals surface area contributed by atoms with Crippen LogP contribution in [-0.2, 0) is 4.79 Å². The molecule has 5 nitrogen and oxygen atoms in total. The number of pyridine rings is 1. The maximum atomic E-state index is 12.3. The zero-order valence-electron chi connectivity index (χ0n) is 10.4. The lowest BCUT2D eigenvalue weighted by molar-refractivity contribution is -0.138. The highest BCUT2D eigenvalue weighted by atomic mass is 35.5. The Morgan fingerprint density at radius 1 is 1.53 bits per heavy atom. The van der Waals surface area contributed by atoms with E-state index in [1.807, 2.05) is 0 Å². The molecule has 1 unspecified atom stereocenters. The Hall–Kier alpha value is -1.62. The van der Waals surface area contributed by atoms with E-state index in [1.54, 1.807) is 11.0 Å². The van der Waals surface area contributed by atoms with Gasteiger partial charge < -0.3 is 10.0 Å². The van der Waals surface area contributed by atoms with E-state index in [0.717, 1.165) is 12.8 Å². The van der Waals surface area contributed by atoms with Crippen LogP contribution in [0.1, 0.15) is 29.6 Å². The molecule has 2 heterocycles. The highest BCUT2D eigenvalue weighted by Gasteiger charge is 2.26. The topological polar surface area (TPSA) is 70.5 Å². The SMILES string of the molecule is O=C(O)CC1CCCN(C(=O)c2ccncc2Cl)C1. The van der Waals surface area contributed by atoms with Gasteiger partial charge in [-0.1, -0.05) is 11.6 Å². The third kappa shape index (κ3) is 3.44. The van der Waals surface area contributed by atoms with Crippen molar-refractivity contribution in [2.45, 2.75) is 19.3 Å². The highest BCUT2D eigenvalue weighted by Crippen LogP contribution is 2.23. The Labute approximate surface area is 116 Å². The van der Waals surface area contributed by atoms with E-state index in [1.165, 1.54) is 12.4 Å². The van der Waals surface area contributed by atoms with E-state index in [-0.39, 0.29) is 18.2 Å². The minimum absolute atomic E-state index is 0.0239. The number of nitrogens with zero attached hydrogens (tertiary/aromatic N) is 2. The van der Waals surface area contributed by atoms with Gasteiger partial charge in [-0.05, 0) is 24.8 Å². The van der Waals surface area contributed by atoms with E-state index in [2.05, 4.69) is 4.98 Å². The molecule has 2 rings (SSSR count). The van der Waals surface area contributed by atoms with Crippen molar-refractivity contribution in [1.82, 2.24) is 9.88 Å². The van der Waals surface area contributed by atoms with Crippen LogP contribution < -0.4 is 0 Å². The number of carbonyl (C=O) groups is 2. The van der Waals surface area contributed by atoms with Gasteiger partial charge in [-0.25, -0.2) is 0 Å². The summed E-state index contributed by atoms with van der Waals surface area (Å²) in [7, 11) is 0. The Bertz CT molecular complexity index is 493. The van der Waals surface area contributed by atoms with Crippen LogP contribution in [0.3, 0.4) is 0 Å². The molecular weight excluding hydrogens is 268 g/mol. The fraction of sp³-hybridized carbons (Fsp3) is 0.462. The Balaban J connectivity index is 2.07. The summed E-state index contributed by atoms with van der Waals surface area (Å²) < 4.78 is 0. The number of halogens is 1. The van der Waals surface area contributed by atoms with E-state index in [9.17, 15) is 9.59 Å². The molecule has 0 aliphatic carbocycles. The lowest BCUT2D eigenvalue weighted by Crippen LogP contribution is -2.40. The van der Waals surface area contributed by atoms with Crippen molar-refractivity contribution in [2.75, 3.05) is 13.1 Å². The number of amides is 1.